The Morgan fingerprint density at radius 3 is 2.08 bits per heavy atom. The number of amides is 2. The van der Waals surface area contributed by atoms with Gasteiger partial charge in [-0.1, -0.05) is 58.5 Å². The fourth-order valence-electron chi connectivity index (χ4n) is 3.99. The first-order valence-electron chi connectivity index (χ1n) is 11.5. The first-order chi connectivity index (χ1) is 17.8. The van der Waals surface area contributed by atoms with Gasteiger partial charge in [0.25, 0.3) is 0 Å². The Bertz CT molecular complexity index is 1240. The zero-order chi connectivity index (χ0) is 26.4. The van der Waals surface area contributed by atoms with Crippen LogP contribution < -0.4 is 16.0 Å². The second-order valence-corrected chi connectivity index (χ2v) is 10.1. The van der Waals surface area contributed by atoms with Gasteiger partial charge in [-0.2, -0.15) is 0 Å². The highest BCUT2D eigenvalue weighted by Gasteiger charge is 2.25. The molecular weight excluding hydrogens is 560 g/mol. The zero-order valence-corrected chi connectivity index (χ0v) is 22.5. The van der Waals surface area contributed by atoms with E-state index in [4.69, 9.17) is 51.1 Å². The molecule has 8 nitrogen and oxygen atoms in total. The van der Waals surface area contributed by atoms with E-state index in [1.807, 2.05) is 0 Å². The van der Waals surface area contributed by atoms with E-state index in [1.54, 1.807) is 42.5 Å². The predicted octanol–water partition coefficient (Wildman–Crippen LogP) is 7.24. The van der Waals surface area contributed by atoms with Crippen LogP contribution in [0.4, 0.5) is 22.1 Å². The van der Waals surface area contributed by atoms with Gasteiger partial charge in [-0.3, -0.25) is 10.1 Å². The van der Waals surface area contributed by atoms with E-state index in [2.05, 4.69) is 25.9 Å². The molecule has 3 N–H and O–H groups in total. The molecule has 0 spiro atoms. The minimum atomic E-state index is -0.542. The maximum atomic E-state index is 12.4. The summed E-state index contributed by atoms with van der Waals surface area (Å²) in [6.45, 7) is 0. The van der Waals surface area contributed by atoms with Crippen molar-refractivity contribution in [1.29, 1.82) is 0 Å². The van der Waals surface area contributed by atoms with Gasteiger partial charge in [-0.05, 0) is 49.9 Å². The summed E-state index contributed by atoms with van der Waals surface area (Å²) in [5.74, 6) is 0.517. The second kappa shape index (κ2) is 12.6. The molecule has 37 heavy (non-hydrogen) atoms. The molecule has 3 aromatic rings. The molecule has 194 valence electrons. The van der Waals surface area contributed by atoms with Crippen molar-refractivity contribution >= 4 is 75.7 Å². The fourth-order valence-corrected chi connectivity index (χ4v) is 5.01. The Morgan fingerprint density at radius 1 is 0.838 bits per heavy atom. The van der Waals surface area contributed by atoms with E-state index in [0.29, 0.717) is 55.8 Å². The van der Waals surface area contributed by atoms with Crippen molar-refractivity contribution in [3.8, 4) is 0 Å². The minimum absolute atomic E-state index is 0.0314. The highest BCUT2D eigenvalue weighted by atomic mass is 35.5. The zero-order valence-electron chi connectivity index (χ0n) is 19.4. The number of hydrogen-bond donors (Lipinski definition) is 3. The van der Waals surface area contributed by atoms with Crippen molar-refractivity contribution in [2.45, 2.75) is 44.2 Å². The van der Waals surface area contributed by atoms with Crippen LogP contribution in [0.3, 0.4) is 0 Å². The lowest BCUT2D eigenvalue weighted by Crippen LogP contribution is -2.31. The van der Waals surface area contributed by atoms with Crippen LogP contribution in [0.1, 0.15) is 31.2 Å². The summed E-state index contributed by atoms with van der Waals surface area (Å²) >= 11 is 24.5. The Balaban J connectivity index is 1.25. The first kappa shape index (κ1) is 27.3. The van der Waals surface area contributed by atoms with Crippen LogP contribution in [-0.2, 0) is 16.0 Å². The van der Waals surface area contributed by atoms with Gasteiger partial charge in [0.2, 0.25) is 0 Å². The van der Waals surface area contributed by atoms with Crippen molar-refractivity contribution in [3.05, 3.63) is 74.4 Å². The molecule has 0 radical (unpaired) electrons. The Kier molecular flexibility index (Phi) is 9.32. The molecule has 4 rings (SSSR count). The number of rotatable bonds is 7. The molecule has 1 aliphatic rings. The van der Waals surface area contributed by atoms with E-state index < -0.39 is 6.03 Å². The van der Waals surface area contributed by atoms with Gasteiger partial charge in [0.1, 0.15) is 24.1 Å². The van der Waals surface area contributed by atoms with Gasteiger partial charge in [-0.25, -0.2) is 14.8 Å². The van der Waals surface area contributed by atoms with Crippen molar-refractivity contribution in [3.63, 3.8) is 0 Å². The maximum absolute atomic E-state index is 12.4. The maximum Gasteiger partial charge on any atom is 0.324 e. The molecule has 1 heterocycles. The SMILES string of the molecule is O=C(Nc1cc(NC2CCC(OC(=O)Cc3c(Cl)cccc3Cl)CC2)ncn1)Nc1c(Cl)cccc1Cl. The van der Waals surface area contributed by atoms with Gasteiger partial charge < -0.3 is 15.4 Å². The number of urea groups is 1. The number of ether oxygens (including phenoxy) is 1. The summed E-state index contributed by atoms with van der Waals surface area (Å²) in [6.07, 6.45) is 4.19. The van der Waals surface area contributed by atoms with E-state index in [0.717, 1.165) is 12.8 Å². The molecule has 12 heteroatoms. The lowest BCUT2D eigenvalue weighted by molar-refractivity contribution is -0.149. The van der Waals surface area contributed by atoms with Crippen molar-refractivity contribution in [2.24, 2.45) is 0 Å². The van der Waals surface area contributed by atoms with Gasteiger partial charge in [-0.15, -0.1) is 0 Å². The summed E-state index contributed by atoms with van der Waals surface area (Å²) in [6, 6.07) is 11.3. The quantitative estimate of drug-likeness (QED) is 0.253. The molecule has 0 atom stereocenters. The smallest absolute Gasteiger partial charge is 0.324 e. The van der Waals surface area contributed by atoms with Crippen molar-refractivity contribution in [2.75, 3.05) is 16.0 Å². The highest BCUT2D eigenvalue weighted by Crippen LogP contribution is 2.30. The minimum Gasteiger partial charge on any atom is -0.462 e. The Hall–Kier alpha value is -2.78. The van der Waals surface area contributed by atoms with Crippen molar-refractivity contribution in [1.82, 2.24) is 9.97 Å². The lowest BCUT2D eigenvalue weighted by atomic mass is 9.93. The van der Waals surface area contributed by atoms with E-state index in [9.17, 15) is 9.59 Å². The van der Waals surface area contributed by atoms with Gasteiger partial charge in [0.05, 0.1) is 22.2 Å². The molecule has 0 aliphatic heterocycles. The summed E-state index contributed by atoms with van der Waals surface area (Å²) in [4.78, 5) is 33.1. The van der Waals surface area contributed by atoms with Crippen LogP contribution in [-0.4, -0.2) is 34.1 Å². The monoisotopic (exact) mass is 581 g/mol. The van der Waals surface area contributed by atoms with Gasteiger partial charge in [0, 0.05) is 27.7 Å². The number of carbonyl (C=O) groups excluding carboxylic acids is 2. The molecule has 1 saturated carbocycles. The number of halogens is 4. The molecular formula is C25H23Cl4N5O3. The standard InChI is InChI=1S/C25H23Cl4N5O3/c26-17-3-1-4-18(27)16(17)11-23(35)37-15-9-7-14(8-10-15)32-21-12-22(31-13-30-21)33-25(36)34-24-19(28)5-2-6-20(24)29/h1-6,12-15H,7-11H2,(H3,30,31,32,33,34,36). The number of anilines is 3. The molecule has 2 aromatic carbocycles. The Morgan fingerprint density at radius 2 is 1.43 bits per heavy atom. The molecule has 0 saturated heterocycles. The summed E-state index contributed by atoms with van der Waals surface area (Å²) in [5.41, 5.74) is 0.881. The van der Waals surface area contributed by atoms with Crippen LogP contribution in [0.25, 0.3) is 0 Å². The number of carbonyl (C=O) groups is 2. The number of hydrogen-bond acceptors (Lipinski definition) is 6. The normalized spacial score (nSPS) is 17.1. The predicted molar refractivity (Wildman–Crippen MR) is 147 cm³/mol. The third-order valence-corrected chi connectivity index (χ3v) is 7.16. The third kappa shape index (κ3) is 7.61. The molecule has 0 bridgehead atoms. The van der Waals surface area contributed by atoms with Gasteiger partial charge in [0.15, 0.2) is 0 Å². The average Bonchev–Trinajstić information content (AvgIpc) is 2.85. The number of esters is 1. The van der Waals surface area contributed by atoms with E-state index >= 15 is 0 Å². The first-order valence-corrected chi connectivity index (χ1v) is 13.0. The summed E-state index contributed by atoms with van der Waals surface area (Å²) in [5, 5.41) is 10.1. The molecule has 1 fully saturated rings. The van der Waals surface area contributed by atoms with Crippen LogP contribution >= 0.6 is 46.4 Å². The lowest BCUT2D eigenvalue weighted by Gasteiger charge is -2.29. The van der Waals surface area contributed by atoms with Gasteiger partial charge >= 0.3 is 12.0 Å². The molecule has 0 unspecified atom stereocenters. The summed E-state index contributed by atoms with van der Waals surface area (Å²) in [7, 11) is 0. The molecule has 2 amide bonds. The average molecular weight is 583 g/mol. The van der Waals surface area contributed by atoms with Crippen LogP contribution in [0, 0.1) is 0 Å². The number of para-hydroxylation sites is 1. The molecule has 1 aliphatic carbocycles. The van der Waals surface area contributed by atoms with E-state index in [-0.39, 0.29) is 24.5 Å². The number of nitrogens with one attached hydrogen (secondary N) is 3. The van der Waals surface area contributed by atoms with Crippen LogP contribution in [0.15, 0.2) is 48.8 Å². The fraction of sp³-hybridized carbons (Fsp3) is 0.280. The van der Waals surface area contributed by atoms with Crippen molar-refractivity contribution < 1.29 is 14.3 Å². The Labute approximate surface area is 234 Å². The number of aromatic nitrogens is 2. The molecule has 1 aromatic heterocycles. The topological polar surface area (TPSA) is 105 Å². The van der Waals surface area contributed by atoms with E-state index in [1.165, 1.54) is 6.33 Å². The number of nitrogens with zero attached hydrogens (tertiary/aromatic N) is 2. The second-order valence-electron chi connectivity index (χ2n) is 8.45. The summed E-state index contributed by atoms with van der Waals surface area (Å²) < 4.78 is 5.65. The third-order valence-electron chi connectivity index (χ3n) is 5.82. The van der Waals surface area contributed by atoms with Crippen LogP contribution in [0.5, 0.6) is 0 Å². The van der Waals surface area contributed by atoms with Crippen LogP contribution in [0.2, 0.25) is 20.1 Å². The highest BCUT2D eigenvalue weighted by molar-refractivity contribution is 6.40. The largest absolute Gasteiger partial charge is 0.462 e. The number of benzene rings is 2.